The molecule has 5 aromatic carbocycles. The first-order chi connectivity index (χ1) is 20.8. The molecule has 0 aromatic heterocycles. The molecule has 5 aromatic rings. The van der Waals surface area contributed by atoms with E-state index in [1.165, 1.54) is 56.1 Å². The van der Waals surface area contributed by atoms with Gasteiger partial charge in [0.1, 0.15) is 23.0 Å². The lowest BCUT2D eigenvalue weighted by Crippen LogP contribution is -2.58. The summed E-state index contributed by atoms with van der Waals surface area (Å²) in [7, 11) is 0. The van der Waals surface area contributed by atoms with E-state index in [9.17, 15) is 0 Å². The van der Waals surface area contributed by atoms with Gasteiger partial charge in [0.25, 0.3) is 6.71 Å². The Kier molecular flexibility index (Phi) is 5.16. The van der Waals surface area contributed by atoms with Gasteiger partial charge in [-0.1, -0.05) is 88.0 Å². The van der Waals surface area contributed by atoms with Crippen molar-refractivity contribution < 1.29 is 9.47 Å². The Morgan fingerprint density at radius 2 is 1.16 bits per heavy atom. The van der Waals surface area contributed by atoms with Crippen LogP contribution >= 0.6 is 11.8 Å². The molecule has 0 saturated carbocycles. The molecular weight excluding hydrogens is 545 g/mol. The number of benzene rings is 5. The lowest BCUT2D eigenvalue weighted by molar-refractivity contribution is 0.330. The molecular formula is C38H32BNO2S. The van der Waals surface area contributed by atoms with E-state index in [0.29, 0.717) is 0 Å². The Morgan fingerprint density at radius 3 is 1.84 bits per heavy atom. The largest absolute Gasteiger partial charge is 0.458 e. The molecule has 1 aliphatic carbocycles. The molecule has 0 atom stereocenters. The van der Waals surface area contributed by atoms with E-state index in [-0.39, 0.29) is 17.5 Å². The van der Waals surface area contributed by atoms with E-state index in [1.807, 2.05) is 11.8 Å². The second-order valence-corrected chi connectivity index (χ2v) is 14.7. The molecule has 210 valence electrons. The molecule has 0 fully saturated rings. The zero-order chi connectivity index (χ0) is 29.1. The normalized spacial score (nSPS) is 17.7. The summed E-state index contributed by atoms with van der Waals surface area (Å²) in [6, 6.07) is 35.1. The van der Waals surface area contributed by atoms with Crippen LogP contribution in [0.15, 0.2) is 107 Å². The van der Waals surface area contributed by atoms with Gasteiger partial charge in [-0.15, -0.1) is 0 Å². The molecule has 3 heterocycles. The first kappa shape index (κ1) is 25.4. The third kappa shape index (κ3) is 3.64. The Hall–Kier alpha value is -4.09. The fourth-order valence-electron chi connectivity index (χ4n) is 7.60. The Bertz CT molecular complexity index is 1950. The predicted octanol–water partition coefficient (Wildman–Crippen LogP) is 8.70. The highest BCUT2D eigenvalue weighted by Crippen LogP contribution is 2.53. The monoisotopic (exact) mass is 577 g/mol. The Balaban J connectivity index is 1.29. The molecule has 43 heavy (non-hydrogen) atoms. The highest BCUT2D eigenvalue weighted by Gasteiger charge is 2.44. The zero-order valence-corrected chi connectivity index (χ0v) is 25.7. The van der Waals surface area contributed by atoms with Crippen molar-refractivity contribution in [3.63, 3.8) is 0 Å². The topological polar surface area (TPSA) is 21.7 Å². The van der Waals surface area contributed by atoms with Gasteiger partial charge in [0, 0.05) is 27.4 Å². The minimum atomic E-state index is 0.0513. The van der Waals surface area contributed by atoms with E-state index in [2.05, 4.69) is 130 Å². The average molecular weight is 578 g/mol. The van der Waals surface area contributed by atoms with Gasteiger partial charge >= 0.3 is 0 Å². The molecule has 0 bridgehead atoms. The summed E-state index contributed by atoms with van der Waals surface area (Å²) in [6.07, 6.45) is 2.35. The van der Waals surface area contributed by atoms with Crippen molar-refractivity contribution in [1.29, 1.82) is 0 Å². The molecule has 4 aliphatic rings. The lowest BCUT2D eigenvalue weighted by atomic mass is 9.34. The number of anilines is 3. The summed E-state index contributed by atoms with van der Waals surface area (Å²) < 4.78 is 13.7. The second-order valence-electron chi connectivity index (χ2n) is 13.6. The first-order valence-corrected chi connectivity index (χ1v) is 16.1. The van der Waals surface area contributed by atoms with Gasteiger partial charge in [0.2, 0.25) is 0 Å². The van der Waals surface area contributed by atoms with Gasteiger partial charge in [-0.2, -0.15) is 0 Å². The van der Waals surface area contributed by atoms with Crippen molar-refractivity contribution in [2.75, 3.05) is 4.90 Å². The number of rotatable bonds is 1. The minimum absolute atomic E-state index is 0.0513. The maximum atomic E-state index is 6.96. The molecule has 5 heteroatoms. The van der Waals surface area contributed by atoms with Crippen LogP contribution in [0.1, 0.15) is 51.7 Å². The van der Waals surface area contributed by atoms with Gasteiger partial charge in [-0.3, -0.25) is 0 Å². The van der Waals surface area contributed by atoms with Gasteiger partial charge in [0.15, 0.2) is 0 Å². The number of fused-ring (bicyclic) bond motifs is 7. The number of hydrogen-bond acceptors (Lipinski definition) is 4. The summed E-state index contributed by atoms with van der Waals surface area (Å²) in [5.41, 5.74) is 10.0. The molecule has 9 rings (SSSR count). The van der Waals surface area contributed by atoms with Crippen LogP contribution in [0.5, 0.6) is 23.0 Å². The third-order valence-corrected chi connectivity index (χ3v) is 11.2. The standard InChI is InChI=1S/C38H32BNO2S/c1-37(2)17-18-38(3,4)25-22-31-27(21-24(25)37)39-26-11-5-8-14-30(26)41-32-19-23(20-33(42-31)36(32)39)40-28-12-6-9-15-34(28)43-35-16-10-7-13-29(35)40/h5-16,19-22H,17-18H2,1-4H3. The SMILES string of the molecule is CC1(C)CCC(C)(C)c2cc3c(cc21)Oc1cc(N2c4ccccc4Sc4ccccc42)cc2c1B3c1ccccc1O2. The molecule has 0 saturated heterocycles. The van der Waals surface area contributed by atoms with E-state index in [1.54, 1.807) is 0 Å². The van der Waals surface area contributed by atoms with Crippen molar-refractivity contribution in [1.82, 2.24) is 0 Å². The number of hydrogen-bond donors (Lipinski definition) is 0. The Labute approximate surface area is 257 Å². The van der Waals surface area contributed by atoms with Gasteiger partial charge in [-0.05, 0) is 82.1 Å². The average Bonchev–Trinajstić information content (AvgIpc) is 3.01. The maximum absolute atomic E-state index is 6.96. The number of para-hydroxylation sites is 3. The molecule has 0 amide bonds. The molecule has 0 N–H and O–H groups in total. The Morgan fingerprint density at radius 1 is 0.605 bits per heavy atom. The molecule has 0 radical (unpaired) electrons. The lowest BCUT2D eigenvalue weighted by Gasteiger charge is -2.43. The third-order valence-electron chi connectivity index (χ3n) is 10.0. The fourth-order valence-corrected chi connectivity index (χ4v) is 8.66. The molecule has 0 spiro atoms. The van der Waals surface area contributed by atoms with E-state index in [4.69, 9.17) is 9.47 Å². The van der Waals surface area contributed by atoms with Crippen LogP contribution in [-0.4, -0.2) is 6.71 Å². The smallest absolute Gasteiger partial charge is 0.260 e. The second kappa shape index (κ2) is 8.73. The quantitative estimate of drug-likeness (QED) is 0.182. The van der Waals surface area contributed by atoms with E-state index < -0.39 is 0 Å². The van der Waals surface area contributed by atoms with Gasteiger partial charge < -0.3 is 14.4 Å². The summed E-state index contributed by atoms with van der Waals surface area (Å²) in [4.78, 5) is 4.83. The van der Waals surface area contributed by atoms with Crippen LogP contribution in [0, 0.1) is 0 Å². The van der Waals surface area contributed by atoms with Crippen molar-refractivity contribution >= 4 is 51.9 Å². The van der Waals surface area contributed by atoms with Crippen LogP contribution in [0.25, 0.3) is 0 Å². The maximum Gasteiger partial charge on any atom is 0.260 e. The summed E-state index contributed by atoms with van der Waals surface area (Å²) >= 11 is 1.82. The van der Waals surface area contributed by atoms with Crippen LogP contribution in [0.2, 0.25) is 0 Å². The molecule has 0 unspecified atom stereocenters. The van der Waals surface area contributed by atoms with Crippen molar-refractivity contribution in [3.8, 4) is 23.0 Å². The molecule has 3 aliphatic heterocycles. The van der Waals surface area contributed by atoms with E-state index in [0.717, 1.165) is 34.1 Å². The van der Waals surface area contributed by atoms with E-state index >= 15 is 0 Å². The van der Waals surface area contributed by atoms with Crippen molar-refractivity contribution in [2.24, 2.45) is 0 Å². The van der Waals surface area contributed by atoms with Crippen molar-refractivity contribution in [2.45, 2.75) is 61.2 Å². The van der Waals surface area contributed by atoms with Crippen LogP contribution in [0.4, 0.5) is 17.1 Å². The van der Waals surface area contributed by atoms with Crippen LogP contribution in [-0.2, 0) is 10.8 Å². The van der Waals surface area contributed by atoms with Crippen LogP contribution < -0.4 is 30.8 Å². The molecule has 3 nitrogen and oxygen atoms in total. The summed E-state index contributed by atoms with van der Waals surface area (Å²) in [5.74, 6) is 3.63. The van der Waals surface area contributed by atoms with Gasteiger partial charge in [-0.25, -0.2) is 0 Å². The van der Waals surface area contributed by atoms with Crippen LogP contribution in [0.3, 0.4) is 0 Å². The minimum Gasteiger partial charge on any atom is -0.458 e. The predicted molar refractivity (Wildman–Crippen MR) is 178 cm³/mol. The first-order valence-electron chi connectivity index (χ1n) is 15.3. The number of nitrogens with zero attached hydrogens (tertiary/aromatic N) is 1. The number of ether oxygens (including phenoxy) is 2. The summed E-state index contributed by atoms with van der Waals surface area (Å²) in [5, 5.41) is 0. The highest BCUT2D eigenvalue weighted by molar-refractivity contribution is 7.99. The summed E-state index contributed by atoms with van der Waals surface area (Å²) in [6.45, 7) is 9.61. The van der Waals surface area contributed by atoms with Crippen molar-refractivity contribution in [3.05, 3.63) is 108 Å². The fraction of sp³-hybridized carbons (Fsp3) is 0.211. The zero-order valence-electron chi connectivity index (χ0n) is 24.9. The van der Waals surface area contributed by atoms with Gasteiger partial charge in [0.05, 0.1) is 17.1 Å². The highest BCUT2D eigenvalue weighted by atomic mass is 32.2.